The van der Waals surface area contributed by atoms with E-state index in [0.29, 0.717) is 19.8 Å². The summed E-state index contributed by atoms with van der Waals surface area (Å²) in [6.45, 7) is 1.32. The topological polar surface area (TPSA) is 53.7 Å². The van der Waals surface area contributed by atoms with Crippen molar-refractivity contribution in [2.45, 2.75) is 19.8 Å². The van der Waals surface area contributed by atoms with Crippen LogP contribution in [0.1, 0.15) is 16.7 Å². The van der Waals surface area contributed by atoms with E-state index in [1.165, 1.54) is 12.1 Å². The molecule has 0 aromatic heterocycles. The summed E-state index contributed by atoms with van der Waals surface area (Å²) in [5.41, 5.74) is 8.04. The molecular formula is C16H16FNO3. The lowest BCUT2D eigenvalue weighted by molar-refractivity contribution is 0.107. The molecule has 0 fully saturated rings. The molecule has 0 saturated carbocycles. The van der Waals surface area contributed by atoms with Gasteiger partial charge in [-0.05, 0) is 41.0 Å². The minimum absolute atomic E-state index is 0.255. The third-order valence-corrected chi connectivity index (χ3v) is 3.23. The number of benzene rings is 2. The second-order valence-electron chi connectivity index (χ2n) is 4.85. The lowest BCUT2D eigenvalue weighted by atomic mass is 10.1. The van der Waals surface area contributed by atoms with Crippen molar-refractivity contribution in [3.05, 3.63) is 58.9 Å². The van der Waals surface area contributed by atoms with Gasteiger partial charge in [-0.15, -0.1) is 0 Å². The minimum atomic E-state index is -0.292. The molecule has 0 bridgehead atoms. The number of fused-ring (bicyclic) bond motifs is 1. The van der Waals surface area contributed by atoms with Crippen molar-refractivity contribution in [1.82, 2.24) is 0 Å². The lowest BCUT2D eigenvalue weighted by Crippen LogP contribution is -2.00. The van der Waals surface area contributed by atoms with Crippen LogP contribution in [0.15, 0.2) is 36.4 Å². The molecule has 0 atom stereocenters. The van der Waals surface area contributed by atoms with Gasteiger partial charge in [0, 0.05) is 6.54 Å². The van der Waals surface area contributed by atoms with E-state index >= 15 is 0 Å². The third kappa shape index (κ3) is 3.32. The number of ether oxygens (including phenoxy) is 3. The molecule has 0 unspecified atom stereocenters. The van der Waals surface area contributed by atoms with E-state index in [1.54, 1.807) is 0 Å². The maximum absolute atomic E-state index is 13.4. The Kier molecular flexibility index (Phi) is 4.03. The molecule has 1 aliphatic heterocycles. The van der Waals surface area contributed by atoms with Crippen molar-refractivity contribution in [3.63, 3.8) is 0 Å². The summed E-state index contributed by atoms with van der Waals surface area (Å²) < 4.78 is 29.5. The van der Waals surface area contributed by atoms with Crippen molar-refractivity contribution in [3.8, 4) is 11.5 Å². The Balaban J connectivity index is 1.60. The molecule has 0 saturated heterocycles. The molecule has 1 aliphatic rings. The van der Waals surface area contributed by atoms with Gasteiger partial charge in [0.1, 0.15) is 5.82 Å². The molecule has 1 heterocycles. The van der Waals surface area contributed by atoms with Crippen molar-refractivity contribution in [2.24, 2.45) is 5.73 Å². The van der Waals surface area contributed by atoms with E-state index in [4.69, 9.17) is 19.9 Å². The van der Waals surface area contributed by atoms with E-state index in [0.717, 1.165) is 28.2 Å². The fraction of sp³-hybridized carbons (Fsp3) is 0.250. The Bertz CT molecular complexity index is 645. The largest absolute Gasteiger partial charge is 0.454 e. The van der Waals surface area contributed by atoms with Gasteiger partial charge in [-0.2, -0.15) is 0 Å². The predicted octanol–water partition coefficient (Wildman–Crippen LogP) is 2.73. The minimum Gasteiger partial charge on any atom is -0.454 e. The van der Waals surface area contributed by atoms with Gasteiger partial charge in [0.2, 0.25) is 6.79 Å². The molecule has 0 spiro atoms. The second kappa shape index (κ2) is 6.11. The van der Waals surface area contributed by atoms with Crippen molar-refractivity contribution in [1.29, 1.82) is 0 Å². The Morgan fingerprint density at radius 2 is 1.71 bits per heavy atom. The molecule has 2 aromatic rings. The van der Waals surface area contributed by atoms with Crippen LogP contribution in [0.3, 0.4) is 0 Å². The first kappa shape index (κ1) is 13.9. The molecular weight excluding hydrogens is 273 g/mol. The van der Waals surface area contributed by atoms with E-state index < -0.39 is 0 Å². The number of hydrogen-bond donors (Lipinski definition) is 1. The highest BCUT2D eigenvalue weighted by Crippen LogP contribution is 2.32. The number of nitrogens with two attached hydrogens (primary N) is 1. The van der Waals surface area contributed by atoms with Crippen LogP contribution in [0.2, 0.25) is 0 Å². The first-order valence-electron chi connectivity index (χ1n) is 6.69. The third-order valence-electron chi connectivity index (χ3n) is 3.23. The molecule has 0 radical (unpaired) electrons. The summed E-state index contributed by atoms with van der Waals surface area (Å²) in [6.07, 6.45) is 0. The van der Waals surface area contributed by atoms with Gasteiger partial charge >= 0.3 is 0 Å². The van der Waals surface area contributed by atoms with Crippen molar-refractivity contribution < 1.29 is 18.6 Å². The zero-order valence-corrected chi connectivity index (χ0v) is 11.5. The van der Waals surface area contributed by atoms with Crippen molar-refractivity contribution in [2.75, 3.05) is 6.79 Å². The zero-order chi connectivity index (χ0) is 14.7. The predicted molar refractivity (Wildman–Crippen MR) is 75.3 cm³/mol. The Labute approximate surface area is 122 Å². The van der Waals surface area contributed by atoms with E-state index in [1.807, 2.05) is 24.3 Å². The summed E-state index contributed by atoms with van der Waals surface area (Å²) in [5.74, 6) is 1.18. The number of halogens is 1. The average Bonchev–Trinajstić information content (AvgIpc) is 2.94. The second-order valence-corrected chi connectivity index (χ2v) is 4.85. The van der Waals surface area contributed by atoms with Crippen LogP contribution < -0.4 is 15.2 Å². The smallest absolute Gasteiger partial charge is 0.231 e. The first-order chi connectivity index (χ1) is 10.2. The van der Waals surface area contributed by atoms with Gasteiger partial charge < -0.3 is 19.9 Å². The van der Waals surface area contributed by atoms with Gasteiger partial charge in [-0.25, -0.2) is 4.39 Å². The number of rotatable bonds is 5. The van der Waals surface area contributed by atoms with Gasteiger partial charge in [-0.3, -0.25) is 0 Å². The summed E-state index contributed by atoms with van der Waals surface area (Å²) >= 11 is 0. The Morgan fingerprint density at radius 3 is 2.57 bits per heavy atom. The van der Waals surface area contributed by atoms with Crippen LogP contribution in [0.25, 0.3) is 0 Å². The van der Waals surface area contributed by atoms with Crippen LogP contribution >= 0.6 is 0 Å². The highest BCUT2D eigenvalue weighted by Gasteiger charge is 2.13. The van der Waals surface area contributed by atoms with Crippen LogP contribution in [-0.4, -0.2) is 6.79 Å². The van der Waals surface area contributed by atoms with E-state index in [2.05, 4.69) is 0 Å². The molecule has 21 heavy (non-hydrogen) atoms. The highest BCUT2D eigenvalue weighted by molar-refractivity contribution is 5.44. The van der Waals surface area contributed by atoms with Crippen LogP contribution in [0.4, 0.5) is 4.39 Å². The highest BCUT2D eigenvalue weighted by atomic mass is 19.1. The molecule has 4 nitrogen and oxygen atoms in total. The fourth-order valence-electron chi connectivity index (χ4n) is 2.24. The molecule has 2 N–H and O–H groups in total. The standard InChI is InChI=1S/C16H16FNO3/c17-14-4-12(7-18)3-13(5-14)9-19-8-11-1-2-15-16(6-11)21-10-20-15/h1-6H,7-10,18H2. The van der Waals surface area contributed by atoms with Crippen LogP contribution in [0.5, 0.6) is 11.5 Å². The average molecular weight is 289 g/mol. The number of hydrogen-bond acceptors (Lipinski definition) is 4. The lowest BCUT2D eigenvalue weighted by Gasteiger charge is -2.07. The van der Waals surface area contributed by atoms with E-state index in [9.17, 15) is 4.39 Å². The first-order valence-corrected chi connectivity index (χ1v) is 6.69. The maximum Gasteiger partial charge on any atom is 0.231 e. The maximum atomic E-state index is 13.4. The quantitative estimate of drug-likeness (QED) is 0.919. The molecule has 0 aliphatic carbocycles. The van der Waals surface area contributed by atoms with Gasteiger partial charge in [-0.1, -0.05) is 12.1 Å². The van der Waals surface area contributed by atoms with Crippen molar-refractivity contribution >= 4 is 0 Å². The monoisotopic (exact) mass is 289 g/mol. The van der Waals surface area contributed by atoms with Gasteiger partial charge in [0.25, 0.3) is 0 Å². The fourth-order valence-corrected chi connectivity index (χ4v) is 2.24. The zero-order valence-electron chi connectivity index (χ0n) is 11.5. The summed E-state index contributed by atoms with van der Waals surface area (Å²) in [4.78, 5) is 0. The Hall–Kier alpha value is -2.11. The van der Waals surface area contributed by atoms with Crippen LogP contribution in [0, 0.1) is 5.82 Å². The Morgan fingerprint density at radius 1 is 0.952 bits per heavy atom. The molecule has 0 amide bonds. The summed E-state index contributed by atoms with van der Waals surface area (Å²) in [7, 11) is 0. The molecule has 110 valence electrons. The summed E-state index contributed by atoms with van der Waals surface area (Å²) in [6, 6.07) is 10.4. The molecule has 2 aromatic carbocycles. The van der Waals surface area contributed by atoms with Gasteiger partial charge in [0.15, 0.2) is 11.5 Å². The van der Waals surface area contributed by atoms with Crippen LogP contribution in [-0.2, 0) is 24.5 Å². The normalized spacial score (nSPS) is 12.7. The summed E-state index contributed by atoms with van der Waals surface area (Å²) in [5, 5.41) is 0. The molecule has 5 heteroatoms. The molecule has 3 rings (SSSR count). The van der Waals surface area contributed by atoms with E-state index in [-0.39, 0.29) is 12.6 Å². The SMILES string of the molecule is NCc1cc(F)cc(COCc2ccc3c(c2)OCO3)c1. The van der Waals surface area contributed by atoms with Gasteiger partial charge in [0.05, 0.1) is 13.2 Å².